The van der Waals surface area contributed by atoms with E-state index in [0.717, 1.165) is 28.8 Å². The molecule has 2 aromatic rings. The number of hydrogen-bond acceptors (Lipinski definition) is 1. The third-order valence-electron chi connectivity index (χ3n) is 3.50. The third-order valence-corrected chi connectivity index (χ3v) is 4.75. The van der Waals surface area contributed by atoms with Crippen LogP contribution in [0.1, 0.15) is 42.7 Å². The van der Waals surface area contributed by atoms with Gasteiger partial charge in [-0.3, -0.25) is 0 Å². The van der Waals surface area contributed by atoms with Gasteiger partial charge in [-0.25, -0.2) is 0 Å². The molecule has 112 valence electrons. The molecule has 2 unspecified atom stereocenters. The number of halogens is 2. The Kier molecular flexibility index (Phi) is 6.13. The summed E-state index contributed by atoms with van der Waals surface area (Å²) >= 11 is 10.2. The van der Waals surface area contributed by atoms with E-state index in [2.05, 4.69) is 48.0 Å². The first-order valence-corrected chi connectivity index (χ1v) is 8.47. The van der Waals surface area contributed by atoms with Gasteiger partial charge in [-0.15, -0.1) is 11.6 Å². The molecule has 2 aromatic carbocycles. The smallest absolute Gasteiger partial charge is 0.133 e. The van der Waals surface area contributed by atoms with Crippen molar-refractivity contribution in [2.24, 2.45) is 0 Å². The number of ether oxygens (including phenoxy) is 1. The highest BCUT2D eigenvalue weighted by molar-refractivity contribution is 9.10. The largest absolute Gasteiger partial charge is 0.492 e. The average molecular weight is 368 g/mol. The molecule has 0 spiro atoms. The molecule has 0 saturated heterocycles. The van der Waals surface area contributed by atoms with Gasteiger partial charge < -0.3 is 4.74 Å². The van der Waals surface area contributed by atoms with Crippen LogP contribution in [0.5, 0.6) is 5.75 Å². The van der Waals surface area contributed by atoms with Crippen molar-refractivity contribution in [3.05, 3.63) is 64.1 Å². The summed E-state index contributed by atoms with van der Waals surface area (Å²) in [6.45, 7) is 4.98. The summed E-state index contributed by atoms with van der Waals surface area (Å²) in [5, 5.41) is -0.0658. The molecular formula is C18H20BrClO. The summed E-state index contributed by atoms with van der Waals surface area (Å²) in [4.78, 5) is 0. The molecule has 0 aliphatic heterocycles. The zero-order valence-electron chi connectivity index (χ0n) is 12.4. The van der Waals surface area contributed by atoms with Gasteiger partial charge >= 0.3 is 0 Å². The highest BCUT2D eigenvalue weighted by atomic mass is 79.9. The summed E-state index contributed by atoms with van der Waals surface area (Å²) in [6.07, 6.45) is 0.997. The lowest BCUT2D eigenvalue weighted by Crippen LogP contribution is -2.03. The van der Waals surface area contributed by atoms with E-state index in [1.807, 2.05) is 30.3 Å². The van der Waals surface area contributed by atoms with Crippen LogP contribution < -0.4 is 4.74 Å². The van der Waals surface area contributed by atoms with Crippen molar-refractivity contribution in [2.45, 2.75) is 31.6 Å². The molecule has 0 N–H and O–H groups in total. The first-order chi connectivity index (χ1) is 10.1. The molecule has 2 atom stereocenters. The minimum Gasteiger partial charge on any atom is -0.492 e. The van der Waals surface area contributed by atoms with Crippen LogP contribution in [-0.4, -0.2) is 6.61 Å². The van der Waals surface area contributed by atoms with E-state index in [0.29, 0.717) is 0 Å². The fraction of sp³-hybridized carbons (Fsp3) is 0.333. The zero-order valence-corrected chi connectivity index (χ0v) is 14.7. The van der Waals surface area contributed by atoms with Crippen molar-refractivity contribution in [1.29, 1.82) is 0 Å². The van der Waals surface area contributed by atoms with E-state index in [4.69, 9.17) is 16.3 Å². The fourth-order valence-electron chi connectivity index (χ4n) is 2.23. The monoisotopic (exact) mass is 366 g/mol. The van der Waals surface area contributed by atoms with Crippen LogP contribution in [-0.2, 0) is 0 Å². The second kappa shape index (κ2) is 7.86. The molecule has 0 radical (unpaired) electrons. The second-order valence-electron chi connectivity index (χ2n) is 5.14. The van der Waals surface area contributed by atoms with Crippen LogP contribution in [0.4, 0.5) is 0 Å². The molecule has 1 nitrogen and oxygen atoms in total. The first-order valence-electron chi connectivity index (χ1n) is 7.24. The van der Waals surface area contributed by atoms with Crippen LogP contribution in [0, 0.1) is 0 Å². The predicted molar refractivity (Wildman–Crippen MR) is 93.4 cm³/mol. The van der Waals surface area contributed by atoms with E-state index >= 15 is 0 Å². The standard InChI is InChI=1S/C18H20BrClO/c1-3-11-21-17-10-9-15(12-16(17)19)18(20)13(2)14-7-5-4-6-8-14/h4-10,12-13,18H,3,11H2,1-2H3. The Labute approximate surface area is 140 Å². The molecular weight excluding hydrogens is 348 g/mol. The van der Waals surface area contributed by atoms with E-state index < -0.39 is 0 Å². The summed E-state index contributed by atoms with van der Waals surface area (Å²) in [7, 11) is 0. The zero-order chi connectivity index (χ0) is 15.2. The summed E-state index contributed by atoms with van der Waals surface area (Å²) in [5.74, 6) is 1.12. The van der Waals surface area contributed by atoms with Crippen LogP contribution in [0.3, 0.4) is 0 Å². The van der Waals surface area contributed by atoms with Crippen LogP contribution in [0.25, 0.3) is 0 Å². The molecule has 0 aromatic heterocycles. The van der Waals surface area contributed by atoms with Crippen molar-refractivity contribution in [2.75, 3.05) is 6.61 Å². The highest BCUT2D eigenvalue weighted by Crippen LogP contribution is 2.38. The maximum atomic E-state index is 6.66. The Morgan fingerprint density at radius 1 is 1.10 bits per heavy atom. The summed E-state index contributed by atoms with van der Waals surface area (Å²) in [6, 6.07) is 16.5. The summed E-state index contributed by atoms with van der Waals surface area (Å²) < 4.78 is 6.63. The Balaban J connectivity index is 2.16. The lowest BCUT2D eigenvalue weighted by atomic mass is 9.93. The third kappa shape index (κ3) is 4.24. The molecule has 0 saturated carbocycles. The molecule has 2 rings (SSSR count). The molecule has 0 aliphatic rings. The lowest BCUT2D eigenvalue weighted by Gasteiger charge is -2.20. The van der Waals surface area contributed by atoms with Gasteiger partial charge in [-0.05, 0) is 45.6 Å². The van der Waals surface area contributed by atoms with Gasteiger partial charge in [0.25, 0.3) is 0 Å². The number of rotatable bonds is 6. The Bertz CT molecular complexity index is 571. The molecule has 21 heavy (non-hydrogen) atoms. The average Bonchev–Trinajstić information content (AvgIpc) is 2.53. The van der Waals surface area contributed by atoms with E-state index in [1.165, 1.54) is 5.56 Å². The van der Waals surface area contributed by atoms with Crippen LogP contribution in [0.15, 0.2) is 53.0 Å². The van der Waals surface area contributed by atoms with Gasteiger partial charge in [-0.2, -0.15) is 0 Å². The molecule has 0 aliphatic carbocycles. The van der Waals surface area contributed by atoms with E-state index in [-0.39, 0.29) is 11.3 Å². The Hall–Kier alpha value is -0.990. The molecule has 0 fully saturated rings. The van der Waals surface area contributed by atoms with E-state index in [1.54, 1.807) is 0 Å². The molecule has 3 heteroatoms. The van der Waals surface area contributed by atoms with Gasteiger partial charge in [-0.1, -0.05) is 50.2 Å². The molecule has 0 heterocycles. The Morgan fingerprint density at radius 2 is 1.81 bits per heavy atom. The highest BCUT2D eigenvalue weighted by Gasteiger charge is 2.19. The maximum absolute atomic E-state index is 6.66. The number of benzene rings is 2. The minimum absolute atomic E-state index is 0.0658. The first kappa shape index (κ1) is 16.4. The van der Waals surface area contributed by atoms with Gasteiger partial charge in [0, 0.05) is 5.92 Å². The number of alkyl halides is 1. The predicted octanol–water partition coefficient (Wildman–Crippen LogP) is 6.32. The van der Waals surface area contributed by atoms with Crippen molar-refractivity contribution >= 4 is 27.5 Å². The normalized spacial score (nSPS) is 13.7. The lowest BCUT2D eigenvalue weighted by molar-refractivity contribution is 0.315. The van der Waals surface area contributed by atoms with E-state index in [9.17, 15) is 0 Å². The molecule has 0 bridgehead atoms. The number of hydrogen-bond donors (Lipinski definition) is 0. The van der Waals surface area contributed by atoms with Gasteiger partial charge in [0.2, 0.25) is 0 Å². The van der Waals surface area contributed by atoms with Crippen molar-refractivity contribution < 1.29 is 4.74 Å². The van der Waals surface area contributed by atoms with Crippen molar-refractivity contribution in [1.82, 2.24) is 0 Å². The van der Waals surface area contributed by atoms with Crippen molar-refractivity contribution in [3.63, 3.8) is 0 Å². The van der Waals surface area contributed by atoms with Gasteiger partial charge in [0.05, 0.1) is 16.5 Å². The van der Waals surface area contributed by atoms with Crippen LogP contribution in [0.2, 0.25) is 0 Å². The van der Waals surface area contributed by atoms with Crippen LogP contribution >= 0.6 is 27.5 Å². The molecule has 0 amide bonds. The SMILES string of the molecule is CCCOc1ccc(C(Cl)C(C)c2ccccc2)cc1Br. The van der Waals surface area contributed by atoms with Gasteiger partial charge in [0.1, 0.15) is 5.75 Å². The summed E-state index contributed by atoms with van der Waals surface area (Å²) in [5.41, 5.74) is 2.35. The quantitative estimate of drug-likeness (QED) is 0.543. The maximum Gasteiger partial charge on any atom is 0.133 e. The fourth-order valence-corrected chi connectivity index (χ4v) is 3.02. The minimum atomic E-state index is -0.0658. The van der Waals surface area contributed by atoms with Crippen molar-refractivity contribution in [3.8, 4) is 5.75 Å². The topological polar surface area (TPSA) is 9.23 Å². The Morgan fingerprint density at radius 3 is 2.43 bits per heavy atom. The van der Waals surface area contributed by atoms with Gasteiger partial charge in [0.15, 0.2) is 0 Å². The second-order valence-corrected chi connectivity index (χ2v) is 6.46.